The SMILES string of the molecule is CC(CO)NC(=O)CC1CSCCN1. The van der Waals surface area contributed by atoms with E-state index in [1.165, 1.54) is 0 Å². The molecule has 0 bridgehead atoms. The van der Waals surface area contributed by atoms with Gasteiger partial charge >= 0.3 is 0 Å². The molecule has 0 spiro atoms. The van der Waals surface area contributed by atoms with E-state index in [2.05, 4.69) is 10.6 Å². The minimum absolute atomic E-state index is 0.00140. The summed E-state index contributed by atoms with van der Waals surface area (Å²) in [5, 5.41) is 14.8. The standard InChI is InChI=1S/C9H18N2O2S/c1-7(5-12)11-9(13)4-8-6-14-3-2-10-8/h7-8,10,12H,2-6H2,1H3,(H,11,13). The molecule has 1 aliphatic rings. The Hall–Kier alpha value is -0.260. The Balaban J connectivity index is 2.18. The third-order valence-corrected chi connectivity index (χ3v) is 3.24. The molecule has 0 aromatic heterocycles. The number of carbonyl (C=O) groups is 1. The predicted octanol–water partition coefficient (Wildman–Crippen LogP) is -0.421. The molecule has 1 aliphatic heterocycles. The molecule has 0 aromatic rings. The van der Waals surface area contributed by atoms with Crippen LogP contribution in [0.1, 0.15) is 13.3 Å². The van der Waals surface area contributed by atoms with Crippen LogP contribution >= 0.6 is 11.8 Å². The van der Waals surface area contributed by atoms with Crippen LogP contribution in [0.3, 0.4) is 0 Å². The fourth-order valence-electron chi connectivity index (χ4n) is 1.35. The fraction of sp³-hybridized carbons (Fsp3) is 0.889. The Kier molecular flexibility index (Phi) is 5.29. The van der Waals surface area contributed by atoms with Crippen LogP contribution in [0.25, 0.3) is 0 Å². The van der Waals surface area contributed by atoms with Gasteiger partial charge in [0.05, 0.1) is 6.61 Å². The van der Waals surface area contributed by atoms with Crippen molar-refractivity contribution in [3.05, 3.63) is 0 Å². The van der Waals surface area contributed by atoms with Gasteiger partial charge < -0.3 is 15.7 Å². The highest BCUT2D eigenvalue weighted by atomic mass is 32.2. The first-order valence-corrected chi connectivity index (χ1v) is 6.09. The molecule has 1 amide bonds. The second-order valence-electron chi connectivity index (χ2n) is 3.58. The van der Waals surface area contributed by atoms with Crippen molar-refractivity contribution >= 4 is 17.7 Å². The van der Waals surface area contributed by atoms with Crippen LogP contribution in [0.4, 0.5) is 0 Å². The van der Waals surface area contributed by atoms with E-state index in [0.717, 1.165) is 18.1 Å². The number of nitrogens with one attached hydrogen (secondary N) is 2. The lowest BCUT2D eigenvalue weighted by atomic mass is 10.2. The van der Waals surface area contributed by atoms with Gasteiger partial charge in [-0.05, 0) is 6.92 Å². The number of rotatable bonds is 4. The van der Waals surface area contributed by atoms with Crippen molar-refractivity contribution in [1.82, 2.24) is 10.6 Å². The van der Waals surface area contributed by atoms with E-state index in [1.807, 2.05) is 11.8 Å². The number of hydrogen-bond acceptors (Lipinski definition) is 4. The van der Waals surface area contributed by atoms with Gasteiger partial charge in [0.1, 0.15) is 0 Å². The van der Waals surface area contributed by atoms with Crippen molar-refractivity contribution in [2.24, 2.45) is 0 Å². The van der Waals surface area contributed by atoms with Crippen LogP contribution in [0.2, 0.25) is 0 Å². The molecule has 14 heavy (non-hydrogen) atoms. The lowest BCUT2D eigenvalue weighted by Crippen LogP contribution is -2.43. The second-order valence-corrected chi connectivity index (χ2v) is 4.73. The summed E-state index contributed by atoms with van der Waals surface area (Å²) in [7, 11) is 0. The third-order valence-electron chi connectivity index (χ3n) is 2.11. The topological polar surface area (TPSA) is 61.4 Å². The first kappa shape index (κ1) is 11.8. The molecule has 0 aliphatic carbocycles. The highest BCUT2D eigenvalue weighted by Crippen LogP contribution is 2.09. The van der Waals surface area contributed by atoms with Crippen LogP contribution < -0.4 is 10.6 Å². The summed E-state index contributed by atoms with van der Waals surface area (Å²) in [6.45, 7) is 2.78. The number of carbonyl (C=O) groups excluding carboxylic acids is 1. The Morgan fingerprint density at radius 3 is 3.14 bits per heavy atom. The van der Waals surface area contributed by atoms with Gasteiger partial charge in [-0.2, -0.15) is 11.8 Å². The van der Waals surface area contributed by atoms with Crippen molar-refractivity contribution in [3.63, 3.8) is 0 Å². The van der Waals surface area contributed by atoms with E-state index in [-0.39, 0.29) is 18.6 Å². The van der Waals surface area contributed by atoms with E-state index in [4.69, 9.17) is 5.11 Å². The summed E-state index contributed by atoms with van der Waals surface area (Å²) >= 11 is 1.88. The summed E-state index contributed by atoms with van der Waals surface area (Å²) in [6.07, 6.45) is 0.511. The molecule has 0 aromatic carbocycles. The molecule has 1 rings (SSSR count). The number of amides is 1. The van der Waals surface area contributed by atoms with E-state index < -0.39 is 0 Å². The van der Waals surface area contributed by atoms with E-state index >= 15 is 0 Å². The minimum Gasteiger partial charge on any atom is -0.394 e. The summed E-state index contributed by atoms with van der Waals surface area (Å²) in [5.74, 6) is 2.15. The molecule has 82 valence electrons. The van der Waals surface area contributed by atoms with E-state index in [1.54, 1.807) is 6.92 Å². The molecule has 3 N–H and O–H groups in total. The van der Waals surface area contributed by atoms with Gasteiger partial charge in [0, 0.05) is 36.6 Å². The fourth-order valence-corrected chi connectivity index (χ4v) is 2.30. The monoisotopic (exact) mass is 218 g/mol. The first-order valence-electron chi connectivity index (χ1n) is 4.93. The summed E-state index contributed by atoms with van der Waals surface area (Å²) in [5.41, 5.74) is 0. The maximum Gasteiger partial charge on any atom is 0.221 e. The van der Waals surface area contributed by atoms with Crippen LogP contribution in [-0.2, 0) is 4.79 Å². The lowest BCUT2D eigenvalue weighted by Gasteiger charge is -2.23. The quantitative estimate of drug-likeness (QED) is 0.600. The normalized spacial score (nSPS) is 24.3. The van der Waals surface area contributed by atoms with Crippen LogP contribution in [0.15, 0.2) is 0 Å². The highest BCUT2D eigenvalue weighted by molar-refractivity contribution is 7.99. The van der Waals surface area contributed by atoms with Crippen molar-refractivity contribution in [3.8, 4) is 0 Å². The molecule has 1 heterocycles. The van der Waals surface area contributed by atoms with Gasteiger partial charge in [-0.1, -0.05) is 0 Å². The zero-order valence-corrected chi connectivity index (χ0v) is 9.27. The molecule has 1 fully saturated rings. The average Bonchev–Trinajstić information content (AvgIpc) is 2.19. The predicted molar refractivity (Wildman–Crippen MR) is 58.4 cm³/mol. The Labute approximate surface area is 88.8 Å². The first-order chi connectivity index (χ1) is 6.72. The van der Waals surface area contributed by atoms with Gasteiger partial charge in [0.25, 0.3) is 0 Å². The number of aliphatic hydroxyl groups excluding tert-OH is 1. The highest BCUT2D eigenvalue weighted by Gasteiger charge is 2.17. The van der Waals surface area contributed by atoms with Gasteiger partial charge in [0.15, 0.2) is 0 Å². The number of aliphatic hydroxyl groups is 1. The minimum atomic E-state index is -0.140. The molecule has 5 heteroatoms. The number of hydrogen-bond donors (Lipinski definition) is 3. The lowest BCUT2D eigenvalue weighted by molar-refractivity contribution is -0.122. The third kappa shape index (κ3) is 4.30. The molecular formula is C9H18N2O2S. The van der Waals surface area contributed by atoms with Gasteiger partial charge in [0.2, 0.25) is 5.91 Å². The van der Waals surface area contributed by atoms with Crippen molar-refractivity contribution in [1.29, 1.82) is 0 Å². The van der Waals surface area contributed by atoms with Gasteiger partial charge in [-0.15, -0.1) is 0 Å². The van der Waals surface area contributed by atoms with Crippen LogP contribution in [-0.4, -0.2) is 47.8 Å². The van der Waals surface area contributed by atoms with Gasteiger partial charge in [-0.3, -0.25) is 4.79 Å². The van der Waals surface area contributed by atoms with E-state index in [9.17, 15) is 4.79 Å². The summed E-state index contributed by atoms with van der Waals surface area (Å²) in [6, 6.07) is 0.151. The summed E-state index contributed by atoms with van der Waals surface area (Å²) < 4.78 is 0. The molecular weight excluding hydrogens is 200 g/mol. The van der Waals surface area contributed by atoms with Crippen molar-refractivity contribution in [2.45, 2.75) is 25.4 Å². The molecule has 2 atom stereocenters. The Bertz CT molecular complexity index is 184. The molecule has 0 radical (unpaired) electrons. The largest absolute Gasteiger partial charge is 0.394 e. The molecule has 1 saturated heterocycles. The van der Waals surface area contributed by atoms with Crippen LogP contribution in [0.5, 0.6) is 0 Å². The van der Waals surface area contributed by atoms with E-state index in [0.29, 0.717) is 12.5 Å². The maximum atomic E-state index is 11.4. The van der Waals surface area contributed by atoms with Crippen LogP contribution in [0, 0.1) is 0 Å². The van der Waals surface area contributed by atoms with Gasteiger partial charge in [-0.25, -0.2) is 0 Å². The second kappa shape index (κ2) is 6.27. The molecule has 4 nitrogen and oxygen atoms in total. The zero-order chi connectivity index (χ0) is 10.4. The number of thioether (sulfide) groups is 1. The summed E-state index contributed by atoms with van der Waals surface area (Å²) in [4.78, 5) is 11.4. The Morgan fingerprint density at radius 1 is 1.79 bits per heavy atom. The zero-order valence-electron chi connectivity index (χ0n) is 8.45. The smallest absolute Gasteiger partial charge is 0.221 e. The average molecular weight is 218 g/mol. The van der Waals surface area contributed by atoms with Crippen molar-refractivity contribution in [2.75, 3.05) is 24.7 Å². The van der Waals surface area contributed by atoms with Crippen molar-refractivity contribution < 1.29 is 9.90 Å². The maximum absolute atomic E-state index is 11.4. The molecule has 0 saturated carbocycles. The Morgan fingerprint density at radius 2 is 2.57 bits per heavy atom. The molecule has 2 unspecified atom stereocenters.